The zero-order valence-electron chi connectivity index (χ0n) is 11.4. The molecule has 1 aliphatic rings. The summed E-state index contributed by atoms with van der Waals surface area (Å²) in [5.74, 6) is 0.969. The van der Waals surface area contributed by atoms with Crippen molar-refractivity contribution < 1.29 is 4.74 Å². The number of rotatable bonds is 2. The average molecular weight is 318 g/mol. The lowest BCUT2D eigenvalue weighted by Crippen LogP contribution is -2.29. The maximum absolute atomic E-state index is 6.30. The molecule has 3 aromatic rings. The molecular weight excluding hydrogens is 302 g/mol. The second-order valence-corrected chi connectivity index (χ2v) is 5.97. The Kier molecular flexibility index (Phi) is 4.15. The summed E-state index contributed by atoms with van der Waals surface area (Å²) in [7, 11) is 0. The molecule has 4 heteroatoms. The largest absolute Gasteiger partial charge is 0.483 e. The number of thiophene rings is 1. The van der Waals surface area contributed by atoms with E-state index in [0.717, 1.165) is 18.8 Å². The molecule has 0 saturated carbocycles. The SMILES string of the molecule is Cl.c1ccc2c(OC3CNCc4ccsc43)cccc2c1. The number of fused-ring (bicyclic) bond motifs is 2. The van der Waals surface area contributed by atoms with Gasteiger partial charge < -0.3 is 10.1 Å². The van der Waals surface area contributed by atoms with Gasteiger partial charge in [-0.15, -0.1) is 23.7 Å². The summed E-state index contributed by atoms with van der Waals surface area (Å²) in [6.45, 7) is 1.82. The van der Waals surface area contributed by atoms with Crippen LogP contribution in [0.4, 0.5) is 0 Å². The Morgan fingerprint density at radius 3 is 2.86 bits per heavy atom. The highest BCUT2D eigenvalue weighted by Crippen LogP contribution is 2.34. The van der Waals surface area contributed by atoms with Crippen LogP contribution in [0.5, 0.6) is 5.75 Å². The molecule has 0 aliphatic carbocycles. The average Bonchev–Trinajstić information content (AvgIpc) is 2.97. The van der Waals surface area contributed by atoms with E-state index in [4.69, 9.17) is 4.74 Å². The number of benzene rings is 2. The predicted molar refractivity (Wildman–Crippen MR) is 90.6 cm³/mol. The maximum atomic E-state index is 6.30. The van der Waals surface area contributed by atoms with E-state index in [1.807, 2.05) is 0 Å². The van der Waals surface area contributed by atoms with Crippen molar-refractivity contribution >= 4 is 34.5 Å². The quantitative estimate of drug-likeness (QED) is 0.749. The van der Waals surface area contributed by atoms with Crippen molar-refractivity contribution in [2.75, 3.05) is 6.54 Å². The molecule has 0 saturated heterocycles. The van der Waals surface area contributed by atoms with Gasteiger partial charge in [0.1, 0.15) is 11.9 Å². The second-order valence-electron chi connectivity index (χ2n) is 5.02. The molecule has 21 heavy (non-hydrogen) atoms. The van der Waals surface area contributed by atoms with Gasteiger partial charge in [0, 0.05) is 18.5 Å². The number of ether oxygens (including phenoxy) is 1. The predicted octanol–water partition coefficient (Wildman–Crippen LogP) is 4.55. The number of halogens is 1. The van der Waals surface area contributed by atoms with Crippen LogP contribution in [0, 0.1) is 0 Å². The summed E-state index contributed by atoms with van der Waals surface area (Å²) in [6, 6.07) is 16.8. The molecule has 0 bridgehead atoms. The first-order valence-corrected chi connectivity index (χ1v) is 7.71. The van der Waals surface area contributed by atoms with E-state index >= 15 is 0 Å². The van der Waals surface area contributed by atoms with Gasteiger partial charge >= 0.3 is 0 Å². The first kappa shape index (κ1) is 14.4. The Hall–Kier alpha value is -1.55. The van der Waals surface area contributed by atoms with Crippen molar-refractivity contribution in [3.05, 3.63) is 64.4 Å². The van der Waals surface area contributed by atoms with Gasteiger partial charge in [-0.25, -0.2) is 0 Å². The molecule has 2 heterocycles. The molecule has 2 aromatic carbocycles. The normalized spacial score (nSPS) is 17.0. The van der Waals surface area contributed by atoms with Crippen LogP contribution in [0.2, 0.25) is 0 Å². The lowest BCUT2D eigenvalue weighted by atomic mass is 10.1. The van der Waals surface area contributed by atoms with Crippen molar-refractivity contribution in [3.8, 4) is 5.75 Å². The fraction of sp³-hybridized carbons (Fsp3) is 0.176. The van der Waals surface area contributed by atoms with Gasteiger partial charge in [0.05, 0.1) is 4.88 Å². The Morgan fingerprint density at radius 2 is 1.90 bits per heavy atom. The zero-order valence-corrected chi connectivity index (χ0v) is 13.0. The van der Waals surface area contributed by atoms with E-state index in [1.54, 1.807) is 11.3 Å². The highest BCUT2D eigenvalue weighted by Gasteiger charge is 2.23. The Labute approximate surface area is 134 Å². The third-order valence-corrected chi connectivity index (χ3v) is 4.79. The van der Waals surface area contributed by atoms with Crippen LogP contribution in [0.3, 0.4) is 0 Å². The van der Waals surface area contributed by atoms with Crippen LogP contribution in [-0.2, 0) is 6.54 Å². The van der Waals surface area contributed by atoms with Crippen LogP contribution in [0.15, 0.2) is 53.9 Å². The standard InChI is InChI=1S/C17H15NOS.ClH/c1-2-6-14-12(4-1)5-3-7-15(14)19-16-11-18-10-13-8-9-20-17(13)16;/h1-9,16,18H,10-11H2;1H. The Balaban J connectivity index is 0.00000132. The molecule has 4 rings (SSSR count). The van der Waals surface area contributed by atoms with Gasteiger partial charge in [0.15, 0.2) is 0 Å². The summed E-state index contributed by atoms with van der Waals surface area (Å²) in [5.41, 5.74) is 1.37. The number of nitrogens with one attached hydrogen (secondary N) is 1. The minimum atomic E-state index is 0. The van der Waals surface area contributed by atoms with Crippen LogP contribution >= 0.6 is 23.7 Å². The third-order valence-electron chi connectivity index (χ3n) is 3.74. The van der Waals surface area contributed by atoms with Crippen LogP contribution in [-0.4, -0.2) is 6.54 Å². The highest BCUT2D eigenvalue weighted by atomic mass is 35.5. The summed E-state index contributed by atoms with van der Waals surface area (Å²) in [5, 5.41) is 7.98. The molecule has 1 N–H and O–H groups in total. The molecule has 0 spiro atoms. The molecule has 1 aliphatic heterocycles. The third kappa shape index (κ3) is 2.64. The molecule has 0 radical (unpaired) electrons. The van der Waals surface area contributed by atoms with E-state index < -0.39 is 0 Å². The molecular formula is C17H16ClNOS. The van der Waals surface area contributed by atoms with Gasteiger partial charge in [-0.2, -0.15) is 0 Å². The van der Waals surface area contributed by atoms with Gasteiger partial charge in [0.25, 0.3) is 0 Å². The lowest BCUT2D eigenvalue weighted by molar-refractivity contribution is 0.198. The zero-order chi connectivity index (χ0) is 13.4. The highest BCUT2D eigenvalue weighted by molar-refractivity contribution is 7.10. The van der Waals surface area contributed by atoms with Crippen molar-refractivity contribution in [2.45, 2.75) is 12.6 Å². The van der Waals surface area contributed by atoms with E-state index in [1.165, 1.54) is 21.2 Å². The molecule has 0 amide bonds. The smallest absolute Gasteiger partial charge is 0.146 e. The van der Waals surface area contributed by atoms with E-state index in [2.05, 4.69) is 59.2 Å². The van der Waals surface area contributed by atoms with Gasteiger partial charge in [-0.05, 0) is 28.5 Å². The van der Waals surface area contributed by atoms with Crippen molar-refractivity contribution in [1.29, 1.82) is 0 Å². The molecule has 0 fully saturated rings. The minimum absolute atomic E-state index is 0. The van der Waals surface area contributed by atoms with Crippen molar-refractivity contribution in [2.24, 2.45) is 0 Å². The first-order valence-electron chi connectivity index (χ1n) is 6.83. The number of hydrogen-bond acceptors (Lipinski definition) is 3. The van der Waals surface area contributed by atoms with Gasteiger partial charge in [0.2, 0.25) is 0 Å². The topological polar surface area (TPSA) is 21.3 Å². The van der Waals surface area contributed by atoms with Gasteiger partial charge in [-0.1, -0.05) is 36.4 Å². The van der Waals surface area contributed by atoms with Crippen molar-refractivity contribution in [3.63, 3.8) is 0 Å². The van der Waals surface area contributed by atoms with Gasteiger partial charge in [-0.3, -0.25) is 0 Å². The molecule has 1 aromatic heterocycles. The Morgan fingerprint density at radius 1 is 1.05 bits per heavy atom. The van der Waals surface area contributed by atoms with E-state index in [-0.39, 0.29) is 18.5 Å². The summed E-state index contributed by atoms with van der Waals surface area (Å²) < 4.78 is 6.30. The van der Waals surface area contributed by atoms with E-state index in [9.17, 15) is 0 Å². The van der Waals surface area contributed by atoms with Crippen molar-refractivity contribution in [1.82, 2.24) is 5.32 Å². The Bertz CT molecular complexity index is 750. The second kappa shape index (κ2) is 6.06. The van der Waals surface area contributed by atoms with Crippen LogP contribution < -0.4 is 10.1 Å². The monoisotopic (exact) mass is 317 g/mol. The fourth-order valence-corrected chi connectivity index (χ4v) is 3.71. The lowest BCUT2D eigenvalue weighted by Gasteiger charge is -2.25. The molecule has 1 atom stereocenters. The fourth-order valence-electron chi connectivity index (χ4n) is 2.75. The number of hydrogen-bond donors (Lipinski definition) is 1. The van der Waals surface area contributed by atoms with E-state index in [0.29, 0.717) is 0 Å². The summed E-state index contributed by atoms with van der Waals surface area (Å²) in [4.78, 5) is 1.36. The first-order chi connectivity index (χ1) is 9.92. The molecule has 1 unspecified atom stereocenters. The summed E-state index contributed by atoms with van der Waals surface area (Å²) in [6.07, 6.45) is 0.115. The van der Waals surface area contributed by atoms with Crippen LogP contribution in [0.1, 0.15) is 16.5 Å². The molecule has 108 valence electrons. The minimum Gasteiger partial charge on any atom is -0.483 e. The maximum Gasteiger partial charge on any atom is 0.146 e. The van der Waals surface area contributed by atoms with Crippen LogP contribution in [0.25, 0.3) is 10.8 Å². The molecule has 2 nitrogen and oxygen atoms in total. The summed E-state index contributed by atoms with van der Waals surface area (Å²) >= 11 is 1.79.